The zero-order valence-corrected chi connectivity index (χ0v) is 10.3. The smallest absolute Gasteiger partial charge is 0.180 e. The molecule has 0 saturated heterocycles. The van der Waals surface area contributed by atoms with Crippen molar-refractivity contribution in [1.82, 2.24) is 4.98 Å². The zero-order chi connectivity index (χ0) is 11.4. The molecule has 4 heteroatoms. The molecule has 0 aromatic carbocycles. The Bertz CT molecular complexity index is 430. The van der Waals surface area contributed by atoms with Gasteiger partial charge in [0.05, 0.1) is 5.69 Å². The van der Waals surface area contributed by atoms with E-state index in [1.54, 1.807) is 6.08 Å². The number of hydrogen-bond donors (Lipinski definition) is 1. The monoisotopic (exact) mass is 240 g/mol. The molecule has 1 aromatic rings. The van der Waals surface area contributed by atoms with Crippen LogP contribution in [0, 0.1) is 6.92 Å². The summed E-state index contributed by atoms with van der Waals surface area (Å²) in [5.41, 5.74) is 7.49. The number of aromatic nitrogens is 1. The molecule has 1 aromatic heterocycles. The number of halogens is 1. The Labute approximate surface area is 98.8 Å². The standard InChI is InChI=1S/C11H13ClN2S/c1-4-8(6-9(12)5-2)10-7(3)15-11(13)14-10/h4-6H,2H2,1,3H3,(H2,13,14)/b8-4+,9-6+. The number of nitrogens with zero attached hydrogens (tertiary/aromatic N) is 1. The van der Waals surface area contributed by atoms with Crippen molar-refractivity contribution in [2.24, 2.45) is 0 Å². The van der Waals surface area contributed by atoms with E-state index in [0.717, 1.165) is 16.1 Å². The predicted molar refractivity (Wildman–Crippen MR) is 69.0 cm³/mol. The van der Waals surface area contributed by atoms with E-state index in [4.69, 9.17) is 17.3 Å². The predicted octanol–water partition coefficient (Wildman–Crippen LogP) is 3.75. The Kier molecular flexibility index (Phi) is 4.12. The Hall–Kier alpha value is -1.06. The van der Waals surface area contributed by atoms with Crippen molar-refractivity contribution in [2.75, 3.05) is 5.73 Å². The topological polar surface area (TPSA) is 38.9 Å². The van der Waals surface area contributed by atoms with Crippen LogP contribution >= 0.6 is 22.9 Å². The first-order valence-electron chi connectivity index (χ1n) is 4.47. The van der Waals surface area contributed by atoms with Crippen molar-refractivity contribution in [3.8, 4) is 0 Å². The molecule has 0 bridgehead atoms. The van der Waals surface area contributed by atoms with Crippen LogP contribution in [0.1, 0.15) is 17.5 Å². The van der Waals surface area contributed by atoms with Gasteiger partial charge in [-0.15, -0.1) is 11.3 Å². The molecular weight excluding hydrogens is 228 g/mol. The summed E-state index contributed by atoms with van der Waals surface area (Å²) >= 11 is 7.37. The van der Waals surface area contributed by atoms with Gasteiger partial charge in [0.2, 0.25) is 0 Å². The molecule has 1 rings (SSSR count). The molecule has 0 aliphatic rings. The molecule has 2 N–H and O–H groups in total. The minimum atomic E-state index is 0.574. The van der Waals surface area contributed by atoms with Gasteiger partial charge in [0, 0.05) is 9.91 Å². The first-order chi connectivity index (χ1) is 7.08. The lowest BCUT2D eigenvalue weighted by molar-refractivity contribution is 1.32. The summed E-state index contributed by atoms with van der Waals surface area (Å²) in [7, 11) is 0. The molecule has 0 fully saturated rings. The second kappa shape index (κ2) is 5.14. The maximum atomic E-state index is 5.89. The van der Waals surface area contributed by atoms with Crippen LogP contribution in [0.5, 0.6) is 0 Å². The van der Waals surface area contributed by atoms with Crippen molar-refractivity contribution in [3.63, 3.8) is 0 Å². The second-order valence-electron chi connectivity index (χ2n) is 2.93. The lowest BCUT2D eigenvalue weighted by atomic mass is 10.1. The third kappa shape index (κ3) is 2.94. The largest absolute Gasteiger partial charge is 0.375 e. The highest BCUT2D eigenvalue weighted by atomic mass is 35.5. The van der Waals surface area contributed by atoms with E-state index in [-0.39, 0.29) is 0 Å². The van der Waals surface area contributed by atoms with Gasteiger partial charge in [-0.25, -0.2) is 4.98 Å². The molecule has 0 amide bonds. The van der Waals surface area contributed by atoms with Gasteiger partial charge in [-0.05, 0) is 25.5 Å². The van der Waals surface area contributed by atoms with Gasteiger partial charge in [0.1, 0.15) is 0 Å². The van der Waals surface area contributed by atoms with E-state index >= 15 is 0 Å². The number of nitrogen functional groups attached to an aromatic ring is 1. The zero-order valence-electron chi connectivity index (χ0n) is 8.75. The summed E-state index contributed by atoms with van der Waals surface area (Å²) in [6.45, 7) is 7.53. The van der Waals surface area contributed by atoms with Gasteiger partial charge in [0.25, 0.3) is 0 Å². The Morgan fingerprint density at radius 1 is 1.60 bits per heavy atom. The number of aryl methyl sites for hydroxylation is 1. The molecule has 1 heterocycles. The van der Waals surface area contributed by atoms with E-state index in [0.29, 0.717) is 10.2 Å². The first-order valence-corrected chi connectivity index (χ1v) is 5.67. The van der Waals surface area contributed by atoms with Crippen LogP contribution in [0.25, 0.3) is 5.57 Å². The molecule has 15 heavy (non-hydrogen) atoms. The molecule has 0 aliphatic carbocycles. The Balaban J connectivity index is 3.15. The highest BCUT2D eigenvalue weighted by Gasteiger charge is 2.08. The number of hydrogen-bond acceptors (Lipinski definition) is 3. The SMILES string of the molecule is C=C/C(Cl)=C\C(=C/C)c1nc(N)sc1C. The van der Waals surface area contributed by atoms with Gasteiger partial charge >= 0.3 is 0 Å². The molecule has 2 nitrogen and oxygen atoms in total. The minimum Gasteiger partial charge on any atom is -0.375 e. The Morgan fingerprint density at radius 3 is 2.67 bits per heavy atom. The van der Waals surface area contributed by atoms with E-state index in [2.05, 4.69) is 11.6 Å². The number of thiazole rings is 1. The average molecular weight is 241 g/mol. The molecule has 0 radical (unpaired) electrons. The fourth-order valence-electron chi connectivity index (χ4n) is 1.18. The molecule has 0 atom stereocenters. The van der Waals surface area contributed by atoms with Crippen molar-refractivity contribution in [2.45, 2.75) is 13.8 Å². The van der Waals surface area contributed by atoms with E-state index in [1.807, 2.05) is 26.0 Å². The highest BCUT2D eigenvalue weighted by Crippen LogP contribution is 2.27. The summed E-state index contributed by atoms with van der Waals surface area (Å²) in [6, 6.07) is 0. The quantitative estimate of drug-likeness (QED) is 0.818. The lowest BCUT2D eigenvalue weighted by Gasteiger charge is -1.99. The third-order valence-electron chi connectivity index (χ3n) is 1.89. The highest BCUT2D eigenvalue weighted by molar-refractivity contribution is 7.15. The number of rotatable bonds is 3. The minimum absolute atomic E-state index is 0.574. The third-order valence-corrected chi connectivity index (χ3v) is 2.95. The van der Waals surface area contributed by atoms with E-state index in [1.165, 1.54) is 11.3 Å². The van der Waals surface area contributed by atoms with Crippen molar-refractivity contribution < 1.29 is 0 Å². The van der Waals surface area contributed by atoms with Crippen LogP contribution in [0.4, 0.5) is 5.13 Å². The maximum absolute atomic E-state index is 5.89. The van der Waals surface area contributed by atoms with Crippen LogP contribution < -0.4 is 5.73 Å². The normalized spacial score (nSPS) is 13.0. The molecular formula is C11H13ClN2S. The number of nitrogens with two attached hydrogens (primary N) is 1. The van der Waals surface area contributed by atoms with Gasteiger partial charge in [-0.3, -0.25) is 0 Å². The van der Waals surface area contributed by atoms with Gasteiger partial charge in [0.15, 0.2) is 5.13 Å². The van der Waals surface area contributed by atoms with Gasteiger partial charge < -0.3 is 5.73 Å². The van der Waals surface area contributed by atoms with E-state index in [9.17, 15) is 0 Å². The molecule has 80 valence electrons. The fraction of sp³-hybridized carbons (Fsp3) is 0.182. The van der Waals surface area contributed by atoms with Crippen LogP contribution in [0.2, 0.25) is 0 Å². The number of allylic oxidation sites excluding steroid dienone is 5. The molecule has 0 spiro atoms. The van der Waals surface area contributed by atoms with Crippen molar-refractivity contribution in [3.05, 3.63) is 40.4 Å². The number of anilines is 1. The first kappa shape index (κ1) is 12.0. The molecule has 0 aliphatic heterocycles. The van der Waals surface area contributed by atoms with Crippen LogP contribution in [0.3, 0.4) is 0 Å². The second-order valence-corrected chi connectivity index (χ2v) is 4.61. The van der Waals surface area contributed by atoms with Crippen molar-refractivity contribution in [1.29, 1.82) is 0 Å². The summed E-state index contributed by atoms with van der Waals surface area (Å²) < 4.78 is 0. The van der Waals surface area contributed by atoms with Crippen molar-refractivity contribution >= 4 is 33.6 Å². The molecule has 0 unspecified atom stereocenters. The lowest BCUT2D eigenvalue weighted by Crippen LogP contribution is -1.87. The van der Waals surface area contributed by atoms with Gasteiger partial charge in [-0.2, -0.15) is 0 Å². The summed E-state index contributed by atoms with van der Waals surface area (Å²) in [4.78, 5) is 5.35. The van der Waals surface area contributed by atoms with E-state index < -0.39 is 0 Å². The van der Waals surface area contributed by atoms with Crippen LogP contribution in [-0.4, -0.2) is 4.98 Å². The fourth-order valence-corrected chi connectivity index (χ4v) is 2.01. The average Bonchev–Trinajstić information content (AvgIpc) is 2.54. The summed E-state index contributed by atoms with van der Waals surface area (Å²) in [5.74, 6) is 0. The maximum Gasteiger partial charge on any atom is 0.180 e. The van der Waals surface area contributed by atoms with Crippen LogP contribution in [0.15, 0.2) is 29.8 Å². The Morgan fingerprint density at radius 2 is 2.27 bits per heavy atom. The van der Waals surface area contributed by atoms with Crippen LogP contribution in [-0.2, 0) is 0 Å². The summed E-state index contributed by atoms with van der Waals surface area (Å²) in [5, 5.41) is 1.17. The molecule has 0 saturated carbocycles. The summed E-state index contributed by atoms with van der Waals surface area (Å²) in [6.07, 6.45) is 5.37. The van der Waals surface area contributed by atoms with Gasteiger partial charge in [-0.1, -0.05) is 30.3 Å².